The summed E-state index contributed by atoms with van der Waals surface area (Å²) in [7, 11) is 0. The van der Waals surface area contributed by atoms with Crippen molar-refractivity contribution in [2.24, 2.45) is 0 Å². The highest BCUT2D eigenvalue weighted by molar-refractivity contribution is 5.88. The molecule has 1 aliphatic carbocycles. The summed E-state index contributed by atoms with van der Waals surface area (Å²) in [6, 6.07) is 1.67. The molecule has 0 spiro atoms. The van der Waals surface area contributed by atoms with E-state index in [9.17, 15) is 14.7 Å². The number of carbonyl (C=O) groups excluding carboxylic acids is 1. The predicted molar refractivity (Wildman–Crippen MR) is 61.9 cm³/mol. The Kier molecular flexibility index (Phi) is 3.36. The Morgan fingerprint density at radius 2 is 2.17 bits per heavy atom. The normalized spacial score (nSPS) is 17.6. The van der Waals surface area contributed by atoms with Crippen LogP contribution in [0.5, 0.6) is 0 Å². The lowest BCUT2D eigenvalue weighted by molar-refractivity contribution is -0.147. The Balaban J connectivity index is 1.99. The zero-order valence-corrected chi connectivity index (χ0v) is 10.2. The number of hydrogen-bond acceptors (Lipinski definition) is 4. The van der Waals surface area contributed by atoms with Crippen molar-refractivity contribution >= 4 is 11.9 Å². The minimum atomic E-state index is -1.09. The van der Waals surface area contributed by atoms with Crippen LogP contribution >= 0.6 is 0 Å². The Morgan fingerprint density at radius 3 is 2.67 bits per heavy atom. The van der Waals surface area contributed by atoms with Gasteiger partial charge in [0.15, 0.2) is 0 Å². The van der Waals surface area contributed by atoms with Crippen molar-refractivity contribution in [3.63, 3.8) is 0 Å². The molecule has 1 aromatic heterocycles. The molecule has 0 atom stereocenters. The molecule has 0 radical (unpaired) electrons. The fourth-order valence-corrected chi connectivity index (χ4v) is 2.35. The summed E-state index contributed by atoms with van der Waals surface area (Å²) >= 11 is 0. The summed E-state index contributed by atoms with van der Waals surface area (Å²) in [5.41, 5.74) is -0.570. The Bertz CT molecular complexity index is 460. The monoisotopic (exact) mass is 252 g/mol. The summed E-state index contributed by atoms with van der Waals surface area (Å²) in [4.78, 5) is 23.1. The number of carboxylic acid groups (broad SMARTS) is 1. The Morgan fingerprint density at radius 1 is 1.50 bits per heavy atom. The van der Waals surface area contributed by atoms with Gasteiger partial charge in [-0.25, -0.2) is 4.79 Å². The van der Waals surface area contributed by atoms with Gasteiger partial charge in [-0.15, -0.1) is 0 Å². The highest BCUT2D eigenvalue weighted by Gasteiger charge is 2.42. The van der Waals surface area contributed by atoms with E-state index in [2.05, 4.69) is 10.5 Å². The number of aromatic nitrogens is 1. The summed E-state index contributed by atoms with van der Waals surface area (Å²) < 4.78 is 4.86. The molecule has 1 saturated carbocycles. The van der Waals surface area contributed by atoms with E-state index in [0.717, 1.165) is 12.8 Å². The van der Waals surface area contributed by atoms with Gasteiger partial charge in [-0.05, 0) is 19.8 Å². The van der Waals surface area contributed by atoms with E-state index in [1.54, 1.807) is 13.0 Å². The molecule has 1 amide bonds. The SMILES string of the molecule is Cc1cc(CC(=O)NC2(C(=O)O)CCCC2)no1. The average Bonchev–Trinajstić information content (AvgIpc) is 2.89. The van der Waals surface area contributed by atoms with Gasteiger partial charge in [-0.1, -0.05) is 18.0 Å². The third kappa shape index (κ3) is 2.52. The van der Waals surface area contributed by atoms with Crippen LogP contribution in [0.3, 0.4) is 0 Å². The number of carbonyl (C=O) groups is 2. The molecule has 0 unspecified atom stereocenters. The average molecular weight is 252 g/mol. The van der Waals surface area contributed by atoms with E-state index in [-0.39, 0.29) is 12.3 Å². The smallest absolute Gasteiger partial charge is 0.329 e. The van der Waals surface area contributed by atoms with E-state index in [1.165, 1.54) is 0 Å². The lowest BCUT2D eigenvalue weighted by Crippen LogP contribution is -2.52. The van der Waals surface area contributed by atoms with Crippen molar-refractivity contribution in [3.8, 4) is 0 Å². The van der Waals surface area contributed by atoms with E-state index in [0.29, 0.717) is 24.3 Å². The number of amides is 1. The first-order valence-electron chi connectivity index (χ1n) is 5.98. The van der Waals surface area contributed by atoms with Crippen molar-refractivity contribution in [2.45, 2.75) is 44.6 Å². The molecule has 1 heterocycles. The van der Waals surface area contributed by atoms with E-state index in [4.69, 9.17) is 4.52 Å². The maximum Gasteiger partial charge on any atom is 0.329 e. The number of hydrogen-bond donors (Lipinski definition) is 2. The third-order valence-electron chi connectivity index (χ3n) is 3.26. The standard InChI is InChI=1S/C12H16N2O4/c1-8-6-9(14-18-8)7-10(15)13-12(11(16)17)4-2-3-5-12/h6H,2-5,7H2,1H3,(H,13,15)(H,16,17). The second-order valence-electron chi connectivity index (χ2n) is 4.75. The molecule has 2 rings (SSSR count). The molecule has 6 nitrogen and oxygen atoms in total. The maximum atomic E-state index is 11.8. The fourth-order valence-electron chi connectivity index (χ4n) is 2.35. The zero-order chi connectivity index (χ0) is 13.2. The van der Waals surface area contributed by atoms with E-state index >= 15 is 0 Å². The third-order valence-corrected chi connectivity index (χ3v) is 3.26. The highest BCUT2D eigenvalue weighted by atomic mass is 16.5. The fraction of sp³-hybridized carbons (Fsp3) is 0.583. The summed E-state index contributed by atoms with van der Waals surface area (Å²) in [5, 5.41) is 15.6. The van der Waals surface area contributed by atoms with Gasteiger partial charge in [0, 0.05) is 6.07 Å². The molecule has 0 saturated heterocycles. The van der Waals surface area contributed by atoms with Crippen molar-refractivity contribution in [1.82, 2.24) is 10.5 Å². The molecule has 0 aliphatic heterocycles. The number of rotatable bonds is 4. The van der Waals surface area contributed by atoms with Crippen LogP contribution in [0.1, 0.15) is 37.1 Å². The first kappa shape index (κ1) is 12.6. The number of nitrogens with one attached hydrogen (secondary N) is 1. The molecule has 1 fully saturated rings. The van der Waals surface area contributed by atoms with Crippen molar-refractivity contribution in [2.75, 3.05) is 0 Å². The topological polar surface area (TPSA) is 92.4 Å². The molecule has 0 bridgehead atoms. The Hall–Kier alpha value is -1.85. The van der Waals surface area contributed by atoms with Crippen molar-refractivity contribution in [3.05, 3.63) is 17.5 Å². The second kappa shape index (κ2) is 4.80. The molecule has 6 heteroatoms. The van der Waals surface area contributed by atoms with Gasteiger partial charge < -0.3 is 14.9 Å². The van der Waals surface area contributed by atoms with Gasteiger partial charge in [0.2, 0.25) is 5.91 Å². The van der Waals surface area contributed by atoms with Gasteiger partial charge >= 0.3 is 5.97 Å². The van der Waals surface area contributed by atoms with Gasteiger partial charge in [0.25, 0.3) is 0 Å². The molecule has 2 N–H and O–H groups in total. The minimum absolute atomic E-state index is 0.0480. The molecule has 98 valence electrons. The van der Waals surface area contributed by atoms with Gasteiger partial charge in [0.05, 0.1) is 12.1 Å². The largest absolute Gasteiger partial charge is 0.480 e. The van der Waals surface area contributed by atoms with Gasteiger partial charge in [-0.2, -0.15) is 0 Å². The summed E-state index contributed by atoms with van der Waals surface area (Å²) in [6.07, 6.45) is 2.69. The van der Waals surface area contributed by atoms with E-state index in [1.807, 2.05) is 0 Å². The molecule has 0 aromatic carbocycles. The first-order valence-corrected chi connectivity index (χ1v) is 5.98. The molecular weight excluding hydrogens is 236 g/mol. The molecular formula is C12H16N2O4. The second-order valence-corrected chi connectivity index (χ2v) is 4.75. The van der Waals surface area contributed by atoms with Crippen LogP contribution in [0.2, 0.25) is 0 Å². The van der Waals surface area contributed by atoms with Crippen LogP contribution in [0.4, 0.5) is 0 Å². The van der Waals surface area contributed by atoms with Crippen LogP contribution in [0, 0.1) is 6.92 Å². The van der Waals surface area contributed by atoms with Crippen LogP contribution in [-0.2, 0) is 16.0 Å². The first-order chi connectivity index (χ1) is 8.52. The predicted octanol–water partition coefficient (Wildman–Crippen LogP) is 1.04. The highest BCUT2D eigenvalue weighted by Crippen LogP contribution is 2.29. The number of nitrogens with zero attached hydrogens (tertiary/aromatic N) is 1. The minimum Gasteiger partial charge on any atom is -0.480 e. The number of aryl methyl sites for hydroxylation is 1. The van der Waals surface area contributed by atoms with Crippen LogP contribution in [0.15, 0.2) is 10.6 Å². The summed E-state index contributed by atoms with van der Waals surface area (Å²) in [5.74, 6) is -0.649. The molecule has 18 heavy (non-hydrogen) atoms. The van der Waals surface area contributed by atoms with Crippen molar-refractivity contribution in [1.29, 1.82) is 0 Å². The van der Waals surface area contributed by atoms with Gasteiger partial charge in [0.1, 0.15) is 11.3 Å². The molecule has 1 aromatic rings. The quantitative estimate of drug-likeness (QED) is 0.835. The lowest BCUT2D eigenvalue weighted by Gasteiger charge is -2.25. The van der Waals surface area contributed by atoms with Gasteiger partial charge in [-0.3, -0.25) is 4.79 Å². The van der Waals surface area contributed by atoms with Crippen LogP contribution in [0.25, 0.3) is 0 Å². The Labute approximate surface area is 104 Å². The molecule has 1 aliphatic rings. The number of aliphatic carboxylic acids is 1. The van der Waals surface area contributed by atoms with E-state index < -0.39 is 11.5 Å². The van der Waals surface area contributed by atoms with Crippen LogP contribution in [-0.4, -0.2) is 27.7 Å². The number of carboxylic acids is 1. The maximum absolute atomic E-state index is 11.8. The lowest BCUT2D eigenvalue weighted by atomic mass is 9.97. The zero-order valence-electron chi connectivity index (χ0n) is 10.2. The van der Waals surface area contributed by atoms with Crippen molar-refractivity contribution < 1.29 is 19.2 Å². The van der Waals surface area contributed by atoms with Crippen LogP contribution < -0.4 is 5.32 Å². The summed E-state index contributed by atoms with van der Waals surface area (Å²) in [6.45, 7) is 1.74.